The van der Waals surface area contributed by atoms with E-state index in [1.165, 1.54) is 5.56 Å². The molecule has 0 spiro atoms. The Morgan fingerprint density at radius 2 is 2.14 bits per heavy atom. The third kappa shape index (κ3) is 3.00. The maximum Gasteiger partial charge on any atom is 0.124 e. The second-order valence-electron chi connectivity index (χ2n) is 5.33. The Labute approximate surface area is 125 Å². The van der Waals surface area contributed by atoms with Crippen molar-refractivity contribution >= 4 is 5.69 Å². The van der Waals surface area contributed by atoms with Crippen molar-refractivity contribution in [1.29, 1.82) is 0 Å². The number of ether oxygens (including phenoxy) is 1. The van der Waals surface area contributed by atoms with Gasteiger partial charge < -0.3 is 15.4 Å². The standard InChI is InChI=1S/C17H21N3O/c1-2-15(18)16-8-7-14(11-19-16)20-9-10-21-17-6-4-3-5-13(17)12-20/h3-8,11,15H,2,9-10,12,18H2,1H3. The monoisotopic (exact) mass is 283 g/mol. The summed E-state index contributed by atoms with van der Waals surface area (Å²) in [6.07, 6.45) is 2.82. The summed E-state index contributed by atoms with van der Waals surface area (Å²) in [6.45, 7) is 4.46. The zero-order chi connectivity index (χ0) is 14.7. The van der Waals surface area contributed by atoms with Crippen LogP contribution in [0.15, 0.2) is 42.6 Å². The molecule has 2 heterocycles. The molecule has 4 nitrogen and oxygen atoms in total. The molecular weight excluding hydrogens is 262 g/mol. The molecule has 0 aliphatic carbocycles. The molecule has 1 aliphatic rings. The minimum absolute atomic E-state index is 0.0206. The van der Waals surface area contributed by atoms with Crippen molar-refractivity contribution in [2.24, 2.45) is 5.73 Å². The average Bonchev–Trinajstić information content (AvgIpc) is 2.76. The quantitative estimate of drug-likeness (QED) is 0.941. The topological polar surface area (TPSA) is 51.4 Å². The summed E-state index contributed by atoms with van der Waals surface area (Å²) < 4.78 is 5.80. The first-order valence-electron chi connectivity index (χ1n) is 7.45. The third-order valence-electron chi connectivity index (χ3n) is 3.91. The fourth-order valence-electron chi connectivity index (χ4n) is 2.56. The Morgan fingerprint density at radius 1 is 1.29 bits per heavy atom. The van der Waals surface area contributed by atoms with Crippen LogP contribution in [0.4, 0.5) is 5.69 Å². The number of fused-ring (bicyclic) bond motifs is 1. The third-order valence-corrected chi connectivity index (χ3v) is 3.91. The summed E-state index contributed by atoms with van der Waals surface area (Å²) in [4.78, 5) is 6.80. The van der Waals surface area contributed by atoms with E-state index in [2.05, 4.69) is 28.9 Å². The van der Waals surface area contributed by atoms with E-state index in [4.69, 9.17) is 10.5 Å². The molecule has 1 atom stereocenters. The molecule has 0 saturated heterocycles. The molecule has 1 aromatic heterocycles. The molecule has 0 radical (unpaired) electrons. The Kier molecular flexibility index (Phi) is 4.06. The zero-order valence-electron chi connectivity index (χ0n) is 12.3. The van der Waals surface area contributed by atoms with Gasteiger partial charge in [0.15, 0.2) is 0 Å². The van der Waals surface area contributed by atoms with Crippen LogP contribution in [0.5, 0.6) is 5.75 Å². The molecule has 21 heavy (non-hydrogen) atoms. The Morgan fingerprint density at radius 3 is 2.90 bits per heavy atom. The summed E-state index contributed by atoms with van der Waals surface area (Å²) in [5.41, 5.74) is 9.29. The predicted octanol–water partition coefficient (Wildman–Crippen LogP) is 2.89. The summed E-state index contributed by atoms with van der Waals surface area (Å²) in [6, 6.07) is 12.4. The van der Waals surface area contributed by atoms with Gasteiger partial charge in [-0.1, -0.05) is 25.1 Å². The van der Waals surface area contributed by atoms with Crippen LogP contribution in [0.25, 0.3) is 0 Å². The second kappa shape index (κ2) is 6.14. The number of aromatic nitrogens is 1. The molecule has 0 fully saturated rings. The van der Waals surface area contributed by atoms with E-state index in [-0.39, 0.29) is 6.04 Å². The first-order chi connectivity index (χ1) is 10.3. The van der Waals surface area contributed by atoms with Crippen LogP contribution in [0.2, 0.25) is 0 Å². The molecule has 1 unspecified atom stereocenters. The van der Waals surface area contributed by atoms with E-state index >= 15 is 0 Å². The van der Waals surface area contributed by atoms with Gasteiger partial charge in [0.05, 0.1) is 24.1 Å². The van der Waals surface area contributed by atoms with Gasteiger partial charge in [0.25, 0.3) is 0 Å². The highest BCUT2D eigenvalue weighted by atomic mass is 16.5. The van der Waals surface area contributed by atoms with Crippen molar-refractivity contribution in [3.63, 3.8) is 0 Å². The number of para-hydroxylation sites is 1. The van der Waals surface area contributed by atoms with E-state index in [0.29, 0.717) is 6.61 Å². The van der Waals surface area contributed by atoms with E-state index in [1.807, 2.05) is 30.5 Å². The Bertz CT molecular complexity index is 597. The van der Waals surface area contributed by atoms with Crippen LogP contribution in [0.3, 0.4) is 0 Å². The normalized spacial score (nSPS) is 15.8. The van der Waals surface area contributed by atoms with Crippen molar-refractivity contribution in [2.45, 2.75) is 25.9 Å². The zero-order valence-corrected chi connectivity index (χ0v) is 12.3. The molecule has 0 bridgehead atoms. The lowest BCUT2D eigenvalue weighted by atomic mass is 10.1. The van der Waals surface area contributed by atoms with Crippen molar-refractivity contribution in [3.8, 4) is 5.75 Å². The second-order valence-corrected chi connectivity index (χ2v) is 5.33. The van der Waals surface area contributed by atoms with Crippen molar-refractivity contribution in [2.75, 3.05) is 18.1 Å². The number of rotatable bonds is 3. The van der Waals surface area contributed by atoms with Crippen LogP contribution in [0.1, 0.15) is 30.6 Å². The Hall–Kier alpha value is -2.07. The minimum atomic E-state index is 0.0206. The van der Waals surface area contributed by atoms with Gasteiger partial charge in [-0.05, 0) is 24.6 Å². The summed E-state index contributed by atoms with van der Waals surface area (Å²) in [5.74, 6) is 0.984. The van der Waals surface area contributed by atoms with Gasteiger partial charge in [-0.15, -0.1) is 0 Å². The van der Waals surface area contributed by atoms with E-state index in [9.17, 15) is 0 Å². The minimum Gasteiger partial charge on any atom is -0.491 e. The fourth-order valence-corrected chi connectivity index (χ4v) is 2.56. The highest BCUT2D eigenvalue weighted by molar-refractivity contribution is 5.48. The van der Waals surface area contributed by atoms with Gasteiger partial charge in [0, 0.05) is 18.2 Å². The molecule has 2 N–H and O–H groups in total. The lowest BCUT2D eigenvalue weighted by Crippen LogP contribution is -2.25. The van der Waals surface area contributed by atoms with Crippen LogP contribution in [-0.2, 0) is 6.54 Å². The molecule has 1 aliphatic heterocycles. The summed E-state index contributed by atoms with van der Waals surface area (Å²) in [7, 11) is 0. The summed E-state index contributed by atoms with van der Waals surface area (Å²) >= 11 is 0. The largest absolute Gasteiger partial charge is 0.491 e. The number of hydrogen-bond donors (Lipinski definition) is 1. The number of nitrogens with two attached hydrogens (primary N) is 1. The van der Waals surface area contributed by atoms with Gasteiger partial charge in [0.1, 0.15) is 12.4 Å². The molecule has 3 rings (SSSR count). The maximum absolute atomic E-state index is 6.01. The van der Waals surface area contributed by atoms with Gasteiger partial charge in [0.2, 0.25) is 0 Å². The highest BCUT2D eigenvalue weighted by Gasteiger charge is 2.16. The number of hydrogen-bond acceptors (Lipinski definition) is 4. The smallest absolute Gasteiger partial charge is 0.124 e. The highest BCUT2D eigenvalue weighted by Crippen LogP contribution is 2.26. The van der Waals surface area contributed by atoms with E-state index < -0.39 is 0 Å². The molecule has 0 amide bonds. The predicted molar refractivity (Wildman–Crippen MR) is 84.4 cm³/mol. The number of nitrogens with zero attached hydrogens (tertiary/aromatic N) is 2. The van der Waals surface area contributed by atoms with Gasteiger partial charge in [-0.2, -0.15) is 0 Å². The molecule has 1 aromatic carbocycles. The molecule has 4 heteroatoms. The summed E-state index contributed by atoms with van der Waals surface area (Å²) in [5, 5.41) is 0. The fraction of sp³-hybridized carbons (Fsp3) is 0.353. The lowest BCUT2D eigenvalue weighted by molar-refractivity contribution is 0.331. The van der Waals surface area contributed by atoms with E-state index in [1.54, 1.807) is 0 Å². The van der Waals surface area contributed by atoms with Gasteiger partial charge >= 0.3 is 0 Å². The van der Waals surface area contributed by atoms with Crippen LogP contribution in [0, 0.1) is 0 Å². The van der Waals surface area contributed by atoms with Crippen molar-refractivity contribution in [3.05, 3.63) is 53.9 Å². The number of pyridine rings is 1. The lowest BCUT2D eigenvalue weighted by Gasteiger charge is -2.22. The molecular formula is C17H21N3O. The number of anilines is 1. The molecule has 110 valence electrons. The average molecular weight is 283 g/mol. The van der Waals surface area contributed by atoms with Gasteiger partial charge in [-0.25, -0.2) is 0 Å². The van der Waals surface area contributed by atoms with Crippen LogP contribution >= 0.6 is 0 Å². The van der Waals surface area contributed by atoms with Crippen molar-refractivity contribution in [1.82, 2.24) is 4.98 Å². The maximum atomic E-state index is 6.01. The van der Waals surface area contributed by atoms with Gasteiger partial charge in [-0.3, -0.25) is 4.98 Å². The SMILES string of the molecule is CCC(N)c1ccc(N2CCOc3ccccc3C2)cn1. The Balaban J connectivity index is 1.81. The van der Waals surface area contributed by atoms with Crippen LogP contribution in [-0.4, -0.2) is 18.1 Å². The number of benzene rings is 1. The molecule has 2 aromatic rings. The molecule has 0 saturated carbocycles. The van der Waals surface area contributed by atoms with Crippen LogP contribution < -0.4 is 15.4 Å². The first-order valence-corrected chi connectivity index (χ1v) is 7.45. The first kappa shape index (κ1) is 13.9. The van der Waals surface area contributed by atoms with Crippen molar-refractivity contribution < 1.29 is 4.74 Å². The van der Waals surface area contributed by atoms with E-state index in [0.717, 1.165) is 36.6 Å².